The number of carbonyl (C=O) groups is 1. The fraction of sp³-hybridized carbons (Fsp3) is 0.550. The summed E-state index contributed by atoms with van der Waals surface area (Å²) >= 11 is 5.96. The van der Waals surface area contributed by atoms with E-state index in [0.717, 1.165) is 31.8 Å². The van der Waals surface area contributed by atoms with Gasteiger partial charge in [0.1, 0.15) is 5.82 Å². The normalized spacial score (nSPS) is 15.6. The van der Waals surface area contributed by atoms with E-state index in [2.05, 4.69) is 15.3 Å². The first-order chi connectivity index (χ1) is 14.0. The molecule has 1 fully saturated rings. The van der Waals surface area contributed by atoms with Gasteiger partial charge in [-0.25, -0.2) is 9.48 Å². The zero-order chi connectivity index (χ0) is 20.8. The molecule has 0 saturated carbocycles. The fourth-order valence-electron chi connectivity index (χ4n) is 3.70. The van der Waals surface area contributed by atoms with E-state index in [9.17, 15) is 9.59 Å². The Labute approximate surface area is 175 Å². The van der Waals surface area contributed by atoms with Crippen molar-refractivity contribution in [1.29, 1.82) is 0 Å². The first-order valence-corrected chi connectivity index (χ1v) is 10.3. The summed E-state index contributed by atoms with van der Waals surface area (Å²) in [6, 6.07) is 7.13. The SMILES string of the molecule is CCn1c(C2CCN(CC(=O)Nc3cccc(Cl)c3)CC2)nn(CCOC)c1=O. The van der Waals surface area contributed by atoms with Gasteiger partial charge in [-0.05, 0) is 51.1 Å². The van der Waals surface area contributed by atoms with Crippen LogP contribution < -0.4 is 11.0 Å². The van der Waals surface area contributed by atoms with Crippen LogP contribution in [-0.2, 0) is 22.6 Å². The minimum absolute atomic E-state index is 0.0555. The van der Waals surface area contributed by atoms with E-state index in [1.54, 1.807) is 23.8 Å². The smallest absolute Gasteiger partial charge is 0.345 e. The molecule has 1 N–H and O–H groups in total. The maximum Gasteiger partial charge on any atom is 0.345 e. The molecule has 8 nitrogen and oxygen atoms in total. The van der Waals surface area contributed by atoms with Crippen molar-refractivity contribution < 1.29 is 9.53 Å². The largest absolute Gasteiger partial charge is 0.383 e. The van der Waals surface area contributed by atoms with Gasteiger partial charge >= 0.3 is 5.69 Å². The third-order valence-corrected chi connectivity index (χ3v) is 5.44. The van der Waals surface area contributed by atoms with Gasteiger partial charge in [0.15, 0.2) is 0 Å². The lowest BCUT2D eigenvalue weighted by Gasteiger charge is -2.30. The number of amides is 1. The average molecular weight is 422 g/mol. The van der Waals surface area contributed by atoms with E-state index in [1.165, 1.54) is 4.68 Å². The van der Waals surface area contributed by atoms with Crippen molar-refractivity contribution >= 4 is 23.2 Å². The molecule has 1 aliphatic rings. The van der Waals surface area contributed by atoms with Crippen molar-refractivity contribution in [2.45, 2.75) is 38.8 Å². The number of ether oxygens (including phenoxy) is 1. The van der Waals surface area contributed by atoms with Gasteiger partial charge in [0.2, 0.25) is 5.91 Å². The summed E-state index contributed by atoms with van der Waals surface area (Å²) in [6.45, 7) is 5.39. The van der Waals surface area contributed by atoms with Gasteiger partial charge in [-0.3, -0.25) is 14.3 Å². The second-order valence-electron chi connectivity index (χ2n) is 7.21. The zero-order valence-electron chi connectivity index (χ0n) is 16.9. The Balaban J connectivity index is 1.56. The molecule has 1 saturated heterocycles. The lowest BCUT2D eigenvalue weighted by molar-refractivity contribution is -0.117. The van der Waals surface area contributed by atoms with E-state index in [-0.39, 0.29) is 17.5 Å². The highest BCUT2D eigenvalue weighted by molar-refractivity contribution is 6.30. The molecule has 3 rings (SSSR count). The Morgan fingerprint density at radius 1 is 1.34 bits per heavy atom. The highest BCUT2D eigenvalue weighted by Crippen LogP contribution is 2.26. The first-order valence-electron chi connectivity index (χ1n) is 9.96. The van der Waals surface area contributed by atoms with Crippen molar-refractivity contribution in [3.05, 3.63) is 45.6 Å². The third kappa shape index (κ3) is 5.46. The maximum absolute atomic E-state index is 12.5. The number of nitrogens with zero attached hydrogens (tertiary/aromatic N) is 4. The Morgan fingerprint density at radius 3 is 2.76 bits per heavy atom. The number of anilines is 1. The topological polar surface area (TPSA) is 81.4 Å². The van der Waals surface area contributed by atoms with Crippen LogP contribution >= 0.6 is 11.6 Å². The number of piperidine rings is 1. The lowest BCUT2D eigenvalue weighted by atomic mass is 9.96. The van der Waals surface area contributed by atoms with Crippen LogP contribution in [0.5, 0.6) is 0 Å². The van der Waals surface area contributed by atoms with Crippen LogP contribution in [0, 0.1) is 0 Å². The Morgan fingerprint density at radius 2 is 2.10 bits per heavy atom. The third-order valence-electron chi connectivity index (χ3n) is 5.20. The number of halogens is 1. The molecule has 0 aliphatic carbocycles. The second kappa shape index (κ2) is 10.0. The van der Waals surface area contributed by atoms with Crippen LogP contribution in [0.2, 0.25) is 5.02 Å². The van der Waals surface area contributed by atoms with Crippen LogP contribution in [0.4, 0.5) is 5.69 Å². The molecular weight excluding hydrogens is 394 g/mol. The van der Waals surface area contributed by atoms with Gasteiger partial charge in [-0.2, -0.15) is 5.10 Å². The van der Waals surface area contributed by atoms with Crippen molar-refractivity contribution in [2.75, 3.05) is 38.7 Å². The number of rotatable bonds is 8. The number of likely N-dealkylation sites (tertiary alicyclic amines) is 1. The number of aromatic nitrogens is 3. The summed E-state index contributed by atoms with van der Waals surface area (Å²) in [4.78, 5) is 27.0. The highest BCUT2D eigenvalue weighted by atomic mass is 35.5. The predicted molar refractivity (Wildman–Crippen MR) is 113 cm³/mol. The van der Waals surface area contributed by atoms with Gasteiger partial charge < -0.3 is 10.1 Å². The van der Waals surface area contributed by atoms with Gasteiger partial charge in [0.05, 0.1) is 19.7 Å². The predicted octanol–water partition coefficient (Wildman–Crippen LogP) is 2.18. The van der Waals surface area contributed by atoms with Crippen LogP contribution in [0.15, 0.2) is 29.1 Å². The molecule has 1 aliphatic heterocycles. The molecule has 2 aromatic rings. The summed E-state index contributed by atoms with van der Waals surface area (Å²) in [5.74, 6) is 1.01. The number of hydrogen-bond acceptors (Lipinski definition) is 5. The lowest BCUT2D eigenvalue weighted by Crippen LogP contribution is -2.39. The summed E-state index contributed by atoms with van der Waals surface area (Å²) in [5.41, 5.74) is 0.619. The van der Waals surface area contributed by atoms with Crippen LogP contribution in [-0.4, -0.2) is 58.5 Å². The van der Waals surface area contributed by atoms with E-state index < -0.39 is 0 Å². The minimum Gasteiger partial charge on any atom is -0.383 e. The highest BCUT2D eigenvalue weighted by Gasteiger charge is 2.27. The quantitative estimate of drug-likeness (QED) is 0.706. The van der Waals surface area contributed by atoms with E-state index >= 15 is 0 Å². The van der Waals surface area contributed by atoms with Gasteiger partial charge in [-0.15, -0.1) is 0 Å². The van der Waals surface area contributed by atoms with Crippen LogP contribution in [0.3, 0.4) is 0 Å². The van der Waals surface area contributed by atoms with Gasteiger partial charge in [0.25, 0.3) is 0 Å². The van der Waals surface area contributed by atoms with Crippen LogP contribution in [0.1, 0.15) is 31.5 Å². The molecule has 0 bridgehead atoms. The molecule has 0 unspecified atom stereocenters. The summed E-state index contributed by atoms with van der Waals surface area (Å²) in [7, 11) is 1.61. The minimum atomic E-state index is -0.0807. The standard InChI is InChI=1S/C20H28ClN5O3/c1-3-25-19(23-26(20(25)28)11-12-29-2)15-7-9-24(10-8-15)14-18(27)22-17-6-4-5-16(21)13-17/h4-6,13,15H,3,7-12,14H2,1-2H3,(H,22,27). The maximum atomic E-state index is 12.5. The van der Waals surface area contributed by atoms with Crippen molar-refractivity contribution in [1.82, 2.24) is 19.2 Å². The molecule has 2 heterocycles. The number of methoxy groups -OCH3 is 1. The Kier molecular flexibility index (Phi) is 7.46. The van der Waals surface area contributed by atoms with Gasteiger partial charge in [0, 0.05) is 30.3 Å². The molecule has 0 spiro atoms. The van der Waals surface area contributed by atoms with Crippen LogP contribution in [0.25, 0.3) is 0 Å². The molecule has 0 radical (unpaired) electrons. The molecule has 9 heteroatoms. The zero-order valence-corrected chi connectivity index (χ0v) is 17.7. The first kappa shape index (κ1) is 21.5. The summed E-state index contributed by atoms with van der Waals surface area (Å²) in [5, 5.41) is 8.05. The Hall–Kier alpha value is -2.16. The monoisotopic (exact) mass is 421 g/mol. The summed E-state index contributed by atoms with van der Waals surface area (Å²) in [6.07, 6.45) is 1.73. The van der Waals surface area contributed by atoms with E-state index in [4.69, 9.17) is 16.3 Å². The second-order valence-corrected chi connectivity index (χ2v) is 7.65. The van der Waals surface area contributed by atoms with Crippen molar-refractivity contribution in [3.8, 4) is 0 Å². The van der Waals surface area contributed by atoms with E-state index in [0.29, 0.717) is 37.0 Å². The average Bonchev–Trinajstić information content (AvgIpc) is 3.02. The number of carbonyl (C=O) groups excluding carboxylic acids is 1. The van der Waals surface area contributed by atoms with Crippen molar-refractivity contribution in [3.63, 3.8) is 0 Å². The van der Waals surface area contributed by atoms with E-state index in [1.807, 2.05) is 19.1 Å². The molecule has 1 amide bonds. The molecule has 1 aromatic carbocycles. The fourth-order valence-corrected chi connectivity index (χ4v) is 3.89. The molecule has 1 aromatic heterocycles. The number of hydrogen-bond donors (Lipinski definition) is 1. The molecule has 0 atom stereocenters. The number of benzene rings is 1. The Bertz CT molecular complexity index is 886. The number of nitrogens with one attached hydrogen (secondary N) is 1. The molecule has 29 heavy (non-hydrogen) atoms. The van der Waals surface area contributed by atoms with Crippen molar-refractivity contribution in [2.24, 2.45) is 0 Å². The molecule has 158 valence electrons. The summed E-state index contributed by atoms with van der Waals surface area (Å²) < 4.78 is 8.31. The van der Waals surface area contributed by atoms with Gasteiger partial charge in [-0.1, -0.05) is 17.7 Å². The molecular formula is C20H28ClN5O3.